The number of rotatable bonds is 5. The van der Waals surface area contributed by atoms with Crippen LogP contribution in [0, 0.1) is 0 Å². The highest BCUT2D eigenvalue weighted by Crippen LogP contribution is 2.22. The van der Waals surface area contributed by atoms with E-state index < -0.39 is 17.9 Å². The van der Waals surface area contributed by atoms with Gasteiger partial charge in [-0.25, -0.2) is 4.79 Å². The first-order chi connectivity index (χ1) is 8.60. The molecule has 1 amide bonds. The number of methoxy groups -OCH3 is 1. The number of hydrogen-bond donors (Lipinski definition) is 2. The highest BCUT2D eigenvalue weighted by Gasteiger charge is 2.24. The molecule has 6 heteroatoms. The van der Waals surface area contributed by atoms with Crippen LogP contribution in [0.5, 0.6) is 5.75 Å². The van der Waals surface area contributed by atoms with Gasteiger partial charge in [0.05, 0.1) is 19.4 Å². The van der Waals surface area contributed by atoms with Crippen molar-refractivity contribution in [2.24, 2.45) is 5.73 Å². The Kier molecular flexibility index (Phi) is 5.13. The van der Waals surface area contributed by atoms with Crippen LogP contribution in [0.2, 0.25) is 0 Å². The van der Waals surface area contributed by atoms with Crippen LogP contribution >= 0.6 is 0 Å². The van der Waals surface area contributed by atoms with Gasteiger partial charge >= 0.3 is 5.97 Å². The quantitative estimate of drug-likeness (QED) is 0.589. The van der Waals surface area contributed by atoms with Crippen LogP contribution in [-0.2, 0) is 14.3 Å². The second kappa shape index (κ2) is 6.61. The molecule has 18 heavy (non-hydrogen) atoms. The number of para-hydroxylation sites is 2. The van der Waals surface area contributed by atoms with E-state index in [4.69, 9.17) is 10.5 Å². The molecular formula is C12H16N2O4. The van der Waals surface area contributed by atoms with Crippen molar-refractivity contribution in [2.75, 3.05) is 19.0 Å². The van der Waals surface area contributed by atoms with Gasteiger partial charge in [0.15, 0.2) is 6.04 Å². The Bertz CT molecular complexity index is 434. The second-order valence-corrected chi connectivity index (χ2v) is 3.42. The molecular weight excluding hydrogens is 236 g/mol. The molecule has 1 unspecified atom stereocenters. The largest absolute Gasteiger partial charge is 0.495 e. The Labute approximate surface area is 105 Å². The maximum absolute atomic E-state index is 11.7. The van der Waals surface area contributed by atoms with E-state index in [0.29, 0.717) is 11.4 Å². The monoisotopic (exact) mass is 252 g/mol. The summed E-state index contributed by atoms with van der Waals surface area (Å²) in [4.78, 5) is 23.0. The molecule has 0 radical (unpaired) electrons. The number of hydrogen-bond acceptors (Lipinski definition) is 5. The van der Waals surface area contributed by atoms with Crippen molar-refractivity contribution in [3.63, 3.8) is 0 Å². The van der Waals surface area contributed by atoms with Crippen LogP contribution in [0.1, 0.15) is 6.92 Å². The van der Waals surface area contributed by atoms with E-state index in [0.717, 1.165) is 0 Å². The zero-order valence-electron chi connectivity index (χ0n) is 10.3. The topological polar surface area (TPSA) is 90.7 Å². The minimum Gasteiger partial charge on any atom is -0.495 e. The van der Waals surface area contributed by atoms with Crippen molar-refractivity contribution >= 4 is 17.6 Å². The van der Waals surface area contributed by atoms with Crippen molar-refractivity contribution in [2.45, 2.75) is 13.0 Å². The van der Waals surface area contributed by atoms with Crippen molar-refractivity contribution < 1.29 is 19.1 Å². The van der Waals surface area contributed by atoms with Crippen molar-refractivity contribution in [1.82, 2.24) is 0 Å². The highest BCUT2D eigenvalue weighted by molar-refractivity contribution is 6.08. The molecule has 0 aliphatic heterocycles. The molecule has 0 bridgehead atoms. The summed E-state index contributed by atoms with van der Waals surface area (Å²) in [7, 11) is 1.48. The molecule has 0 spiro atoms. The van der Waals surface area contributed by atoms with Crippen molar-refractivity contribution in [3.05, 3.63) is 24.3 Å². The van der Waals surface area contributed by atoms with Gasteiger partial charge in [-0.1, -0.05) is 12.1 Å². The lowest BCUT2D eigenvalue weighted by Crippen LogP contribution is -2.43. The summed E-state index contributed by atoms with van der Waals surface area (Å²) in [5, 5.41) is 2.51. The van der Waals surface area contributed by atoms with Gasteiger partial charge < -0.3 is 20.5 Å². The summed E-state index contributed by atoms with van der Waals surface area (Å²) in [6.07, 6.45) is 0. The van der Waals surface area contributed by atoms with Gasteiger partial charge in [0.25, 0.3) is 5.91 Å². The smallest absolute Gasteiger partial charge is 0.332 e. The molecule has 0 heterocycles. The summed E-state index contributed by atoms with van der Waals surface area (Å²) in [5.41, 5.74) is 5.91. The maximum Gasteiger partial charge on any atom is 0.332 e. The first-order valence-electron chi connectivity index (χ1n) is 5.46. The van der Waals surface area contributed by atoms with Gasteiger partial charge in [-0.3, -0.25) is 4.79 Å². The summed E-state index contributed by atoms with van der Waals surface area (Å²) >= 11 is 0. The lowest BCUT2D eigenvalue weighted by Gasteiger charge is -2.13. The van der Waals surface area contributed by atoms with E-state index in [2.05, 4.69) is 10.1 Å². The summed E-state index contributed by atoms with van der Waals surface area (Å²) in [6, 6.07) is 5.48. The van der Waals surface area contributed by atoms with Crippen LogP contribution in [0.3, 0.4) is 0 Å². The Morgan fingerprint density at radius 3 is 2.67 bits per heavy atom. The average Bonchev–Trinajstić information content (AvgIpc) is 2.38. The predicted molar refractivity (Wildman–Crippen MR) is 66.2 cm³/mol. The Hall–Kier alpha value is -2.08. The molecule has 6 nitrogen and oxygen atoms in total. The Balaban J connectivity index is 2.72. The lowest BCUT2D eigenvalue weighted by atomic mass is 10.2. The number of carbonyl (C=O) groups is 2. The lowest BCUT2D eigenvalue weighted by molar-refractivity contribution is -0.146. The van der Waals surface area contributed by atoms with E-state index in [-0.39, 0.29) is 6.61 Å². The number of amides is 1. The predicted octanol–water partition coefficient (Wildman–Crippen LogP) is 0.524. The summed E-state index contributed by atoms with van der Waals surface area (Å²) < 4.78 is 9.73. The zero-order chi connectivity index (χ0) is 13.5. The molecule has 98 valence electrons. The summed E-state index contributed by atoms with van der Waals surface area (Å²) in [6.45, 7) is 1.82. The SMILES string of the molecule is CCOC(=O)C(N)C(=O)Nc1ccccc1OC. The molecule has 0 saturated heterocycles. The van der Waals surface area contributed by atoms with Gasteiger partial charge in [0.1, 0.15) is 5.75 Å². The normalized spacial score (nSPS) is 11.5. The number of ether oxygens (including phenoxy) is 2. The number of esters is 1. The second-order valence-electron chi connectivity index (χ2n) is 3.42. The molecule has 1 rings (SSSR count). The van der Waals surface area contributed by atoms with E-state index in [1.807, 2.05) is 0 Å². The standard InChI is InChI=1S/C12H16N2O4/c1-3-18-12(16)10(13)11(15)14-8-6-4-5-7-9(8)17-2/h4-7,10H,3,13H2,1-2H3,(H,14,15). The van der Waals surface area contributed by atoms with Gasteiger partial charge in [-0.05, 0) is 19.1 Å². The Morgan fingerprint density at radius 2 is 2.06 bits per heavy atom. The zero-order valence-corrected chi connectivity index (χ0v) is 10.3. The first kappa shape index (κ1) is 14.0. The molecule has 1 atom stereocenters. The summed E-state index contributed by atoms with van der Waals surface area (Å²) in [5.74, 6) is -0.912. The number of anilines is 1. The molecule has 0 aliphatic carbocycles. The van der Waals surface area contributed by atoms with E-state index >= 15 is 0 Å². The molecule has 1 aromatic rings. The van der Waals surface area contributed by atoms with Crippen LogP contribution in [0.4, 0.5) is 5.69 Å². The third kappa shape index (κ3) is 3.46. The van der Waals surface area contributed by atoms with Crippen LogP contribution in [-0.4, -0.2) is 31.6 Å². The van der Waals surface area contributed by atoms with Crippen molar-refractivity contribution in [1.29, 1.82) is 0 Å². The fraction of sp³-hybridized carbons (Fsp3) is 0.333. The molecule has 0 fully saturated rings. The van der Waals surface area contributed by atoms with Gasteiger partial charge in [-0.15, -0.1) is 0 Å². The maximum atomic E-state index is 11.7. The number of nitrogens with one attached hydrogen (secondary N) is 1. The molecule has 0 aliphatic rings. The third-order valence-corrected chi connectivity index (χ3v) is 2.19. The highest BCUT2D eigenvalue weighted by atomic mass is 16.5. The van der Waals surface area contributed by atoms with Gasteiger partial charge in [-0.2, -0.15) is 0 Å². The fourth-order valence-corrected chi connectivity index (χ4v) is 1.30. The molecule has 0 aromatic heterocycles. The van der Waals surface area contributed by atoms with Crippen LogP contribution < -0.4 is 15.8 Å². The van der Waals surface area contributed by atoms with Crippen LogP contribution in [0.25, 0.3) is 0 Å². The van der Waals surface area contributed by atoms with Crippen molar-refractivity contribution in [3.8, 4) is 5.75 Å². The average molecular weight is 252 g/mol. The van der Waals surface area contributed by atoms with Gasteiger partial charge in [0, 0.05) is 0 Å². The van der Waals surface area contributed by atoms with Gasteiger partial charge in [0.2, 0.25) is 0 Å². The minimum atomic E-state index is -1.35. The number of nitrogens with two attached hydrogens (primary N) is 1. The Morgan fingerprint density at radius 1 is 1.39 bits per heavy atom. The van der Waals surface area contributed by atoms with E-state index in [9.17, 15) is 9.59 Å². The fourth-order valence-electron chi connectivity index (χ4n) is 1.30. The van der Waals surface area contributed by atoms with E-state index in [1.54, 1.807) is 31.2 Å². The van der Waals surface area contributed by atoms with E-state index in [1.165, 1.54) is 7.11 Å². The number of carbonyl (C=O) groups excluding carboxylic acids is 2. The van der Waals surface area contributed by atoms with Crippen LogP contribution in [0.15, 0.2) is 24.3 Å². The third-order valence-electron chi connectivity index (χ3n) is 2.19. The first-order valence-corrected chi connectivity index (χ1v) is 5.46. The molecule has 1 aromatic carbocycles. The molecule has 0 saturated carbocycles. The minimum absolute atomic E-state index is 0.175. The molecule has 3 N–H and O–H groups in total. The number of benzene rings is 1.